The highest BCUT2D eigenvalue weighted by Crippen LogP contribution is 2.07. The Balaban J connectivity index is 1.82. The monoisotopic (exact) mass is 290 g/mol. The van der Waals surface area contributed by atoms with Gasteiger partial charge in [-0.1, -0.05) is 6.92 Å². The van der Waals surface area contributed by atoms with Crippen LogP contribution < -0.4 is 5.32 Å². The van der Waals surface area contributed by atoms with E-state index in [1.807, 2.05) is 18.5 Å². The van der Waals surface area contributed by atoms with Gasteiger partial charge in [0.25, 0.3) is 0 Å². The standard InChI is InChI=1S/C14H22N6O/c1-10(7-19-12(3)5-11(2)18-19)6-16-14(21)13(4)20-9-15-8-17-20/h5,8-10,13H,6-7H2,1-4H3,(H,16,21)/t10-,13+/m0/s1. The van der Waals surface area contributed by atoms with Crippen LogP contribution in [0.2, 0.25) is 0 Å². The Morgan fingerprint density at radius 3 is 2.71 bits per heavy atom. The largest absolute Gasteiger partial charge is 0.354 e. The molecule has 0 saturated heterocycles. The van der Waals surface area contributed by atoms with Crippen LogP contribution in [0.3, 0.4) is 0 Å². The van der Waals surface area contributed by atoms with Crippen molar-refractivity contribution in [1.29, 1.82) is 0 Å². The second-order valence-corrected chi connectivity index (χ2v) is 5.51. The maximum absolute atomic E-state index is 12.0. The molecule has 1 N–H and O–H groups in total. The maximum atomic E-state index is 12.0. The number of hydrogen-bond donors (Lipinski definition) is 1. The summed E-state index contributed by atoms with van der Waals surface area (Å²) in [4.78, 5) is 15.9. The molecule has 2 aromatic heterocycles. The second kappa shape index (κ2) is 6.51. The van der Waals surface area contributed by atoms with E-state index in [2.05, 4.69) is 33.5 Å². The number of rotatable bonds is 6. The number of carbonyl (C=O) groups is 1. The van der Waals surface area contributed by atoms with Crippen molar-refractivity contribution < 1.29 is 4.79 Å². The van der Waals surface area contributed by atoms with Crippen molar-refractivity contribution in [2.75, 3.05) is 6.54 Å². The van der Waals surface area contributed by atoms with E-state index in [-0.39, 0.29) is 11.9 Å². The van der Waals surface area contributed by atoms with Crippen LogP contribution in [0, 0.1) is 19.8 Å². The quantitative estimate of drug-likeness (QED) is 0.864. The summed E-state index contributed by atoms with van der Waals surface area (Å²) in [6.07, 6.45) is 2.97. The summed E-state index contributed by atoms with van der Waals surface area (Å²) >= 11 is 0. The average Bonchev–Trinajstić information content (AvgIpc) is 3.06. The van der Waals surface area contributed by atoms with Crippen molar-refractivity contribution in [2.45, 2.75) is 40.3 Å². The molecule has 2 heterocycles. The lowest BCUT2D eigenvalue weighted by Crippen LogP contribution is -2.35. The zero-order chi connectivity index (χ0) is 15.4. The third-order valence-corrected chi connectivity index (χ3v) is 3.43. The molecular weight excluding hydrogens is 268 g/mol. The van der Waals surface area contributed by atoms with E-state index >= 15 is 0 Å². The molecule has 0 spiro atoms. The molecule has 0 radical (unpaired) electrons. The number of amides is 1. The number of hydrogen-bond acceptors (Lipinski definition) is 4. The van der Waals surface area contributed by atoms with Gasteiger partial charge in [-0.25, -0.2) is 9.67 Å². The SMILES string of the molecule is Cc1cc(C)n(C[C@@H](C)CNC(=O)[C@@H](C)n2cncn2)n1. The Morgan fingerprint density at radius 2 is 2.14 bits per heavy atom. The van der Waals surface area contributed by atoms with Gasteiger partial charge in [0.2, 0.25) is 5.91 Å². The predicted molar refractivity (Wildman–Crippen MR) is 78.6 cm³/mol. The van der Waals surface area contributed by atoms with Crippen LogP contribution in [0.25, 0.3) is 0 Å². The van der Waals surface area contributed by atoms with Crippen molar-refractivity contribution in [2.24, 2.45) is 5.92 Å². The Kier molecular flexibility index (Phi) is 4.72. The smallest absolute Gasteiger partial charge is 0.244 e. The van der Waals surface area contributed by atoms with Gasteiger partial charge in [0.05, 0.1) is 5.69 Å². The van der Waals surface area contributed by atoms with Gasteiger partial charge in [0.15, 0.2) is 0 Å². The van der Waals surface area contributed by atoms with Gasteiger partial charge in [0, 0.05) is 18.8 Å². The first-order chi connectivity index (χ1) is 9.97. The molecule has 0 unspecified atom stereocenters. The van der Waals surface area contributed by atoms with Gasteiger partial charge >= 0.3 is 0 Å². The highest BCUT2D eigenvalue weighted by molar-refractivity contribution is 5.79. The van der Waals surface area contributed by atoms with Crippen LogP contribution in [0.1, 0.15) is 31.3 Å². The third-order valence-electron chi connectivity index (χ3n) is 3.43. The van der Waals surface area contributed by atoms with Crippen molar-refractivity contribution in [3.63, 3.8) is 0 Å². The molecule has 7 nitrogen and oxygen atoms in total. The average molecular weight is 290 g/mol. The fraction of sp³-hybridized carbons (Fsp3) is 0.571. The van der Waals surface area contributed by atoms with Gasteiger partial charge < -0.3 is 5.32 Å². The lowest BCUT2D eigenvalue weighted by molar-refractivity contribution is -0.124. The summed E-state index contributed by atoms with van der Waals surface area (Å²) in [5, 5.41) is 11.4. The number of aryl methyl sites for hydroxylation is 2. The summed E-state index contributed by atoms with van der Waals surface area (Å²) in [5.41, 5.74) is 2.16. The van der Waals surface area contributed by atoms with E-state index in [1.165, 1.54) is 6.33 Å². The zero-order valence-electron chi connectivity index (χ0n) is 12.9. The van der Waals surface area contributed by atoms with Crippen LogP contribution in [-0.2, 0) is 11.3 Å². The first-order valence-corrected chi connectivity index (χ1v) is 7.10. The summed E-state index contributed by atoms with van der Waals surface area (Å²) in [6, 6.07) is 1.70. The van der Waals surface area contributed by atoms with Gasteiger partial charge in [-0.3, -0.25) is 9.48 Å². The zero-order valence-corrected chi connectivity index (χ0v) is 12.9. The van der Waals surface area contributed by atoms with E-state index in [1.54, 1.807) is 17.9 Å². The minimum atomic E-state index is -0.353. The normalized spacial score (nSPS) is 13.9. The molecule has 2 rings (SSSR count). The minimum absolute atomic E-state index is 0.0549. The molecule has 0 fully saturated rings. The number of nitrogens with zero attached hydrogens (tertiary/aromatic N) is 5. The van der Waals surface area contributed by atoms with E-state index in [9.17, 15) is 4.79 Å². The summed E-state index contributed by atoms with van der Waals surface area (Å²) in [7, 11) is 0. The topological polar surface area (TPSA) is 77.6 Å². The number of nitrogens with one attached hydrogen (secondary N) is 1. The molecule has 0 bridgehead atoms. The highest BCUT2D eigenvalue weighted by atomic mass is 16.2. The predicted octanol–water partition coefficient (Wildman–Crippen LogP) is 1.10. The van der Waals surface area contributed by atoms with Gasteiger partial charge in [-0.15, -0.1) is 0 Å². The maximum Gasteiger partial charge on any atom is 0.244 e. The lowest BCUT2D eigenvalue weighted by Gasteiger charge is -2.16. The molecule has 0 aliphatic heterocycles. The number of carbonyl (C=O) groups excluding carboxylic acids is 1. The molecule has 1 amide bonds. The summed E-state index contributed by atoms with van der Waals surface area (Å²) in [6.45, 7) is 9.31. The van der Waals surface area contributed by atoms with E-state index < -0.39 is 0 Å². The Labute approximate surface area is 124 Å². The molecule has 2 aromatic rings. The molecule has 0 aliphatic carbocycles. The molecule has 114 valence electrons. The fourth-order valence-electron chi connectivity index (χ4n) is 2.18. The fourth-order valence-corrected chi connectivity index (χ4v) is 2.18. The van der Waals surface area contributed by atoms with Gasteiger partial charge in [0.1, 0.15) is 18.7 Å². The summed E-state index contributed by atoms with van der Waals surface area (Å²) < 4.78 is 3.52. The molecular formula is C14H22N6O. The van der Waals surface area contributed by atoms with E-state index in [0.717, 1.165) is 17.9 Å². The van der Waals surface area contributed by atoms with Crippen LogP contribution in [0.15, 0.2) is 18.7 Å². The third kappa shape index (κ3) is 3.90. The molecule has 2 atom stereocenters. The van der Waals surface area contributed by atoms with E-state index in [0.29, 0.717) is 12.5 Å². The van der Waals surface area contributed by atoms with Crippen LogP contribution in [-0.4, -0.2) is 37.0 Å². The molecule has 7 heteroatoms. The Hall–Kier alpha value is -2.18. The Bertz CT molecular complexity index is 589. The van der Waals surface area contributed by atoms with Crippen LogP contribution in [0.5, 0.6) is 0 Å². The van der Waals surface area contributed by atoms with Crippen molar-refractivity contribution >= 4 is 5.91 Å². The molecule has 0 saturated carbocycles. The summed E-state index contributed by atoms with van der Waals surface area (Å²) in [5.74, 6) is 0.246. The Morgan fingerprint density at radius 1 is 1.38 bits per heavy atom. The lowest BCUT2D eigenvalue weighted by atomic mass is 10.1. The first-order valence-electron chi connectivity index (χ1n) is 7.10. The van der Waals surface area contributed by atoms with Crippen molar-refractivity contribution in [3.8, 4) is 0 Å². The van der Waals surface area contributed by atoms with Crippen LogP contribution >= 0.6 is 0 Å². The molecule has 0 aromatic carbocycles. The molecule has 0 aliphatic rings. The number of aromatic nitrogens is 5. The first kappa shape index (κ1) is 15.2. The highest BCUT2D eigenvalue weighted by Gasteiger charge is 2.16. The van der Waals surface area contributed by atoms with E-state index in [4.69, 9.17) is 0 Å². The minimum Gasteiger partial charge on any atom is -0.354 e. The van der Waals surface area contributed by atoms with Crippen molar-refractivity contribution in [3.05, 3.63) is 30.1 Å². The van der Waals surface area contributed by atoms with Crippen LogP contribution in [0.4, 0.5) is 0 Å². The van der Waals surface area contributed by atoms with Gasteiger partial charge in [-0.2, -0.15) is 10.2 Å². The van der Waals surface area contributed by atoms with Gasteiger partial charge in [-0.05, 0) is 32.8 Å². The second-order valence-electron chi connectivity index (χ2n) is 5.51. The van der Waals surface area contributed by atoms with Crippen molar-refractivity contribution in [1.82, 2.24) is 29.9 Å². The molecule has 21 heavy (non-hydrogen) atoms.